The highest BCUT2D eigenvalue weighted by atomic mass is 16.2. The van der Waals surface area contributed by atoms with Gasteiger partial charge in [0.15, 0.2) is 0 Å². The fraction of sp³-hybridized carbons (Fsp3) is 0.500. The van der Waals surface area contributed by atoms with Gasteiger partial charge in [-0.1, -0.05) is 30.3 Å². The summed E-state index contributed by atoms with van der Waals surface area (Å²) < 4.78 is 2.25. The van der Waals surface area contributed by atoms with E-state index < -0.39 is 0 Å². The van der Waals surface area contributed by atoms with E-state index in [1.807, 2.05) is 48.5 Å². The van der Waals surface area contributed by atoms with E-state index in [0.29, 0.717) is 12.0 Å². The molecule has 1 aliphatic heterocycles. The van der Waals surface area contributed by atoms with Gasteiger partial charge in [0.1, 0.15) is 11.9 Å². The van der Waals surface area contributed by atoms with Crippen molar-refractivity contribution < 1.29 is 4.79 Å². The minimum Gasteiger partial charge on any atom is -0.341 e. The van der Waals surface area contributed by atoms with E-state index in [0.717, 1.165) is 37.3 Å². The largest absolute Gasteiger partial charge is 0.341 e. The number of nitrogens with one attached hydrogen (secondary N) is 1. The van der Waals surface area contributed by atoms with Crippen LogP contribution in [0.2, 0.25) is 0 Å². The first kappa shape index (κ1) is 17.7. The van der Waals surface area contributed by atoms with Gasteiger partial charge in [-0.05, 0) is 39.3 Å². The van der Waals surface area contributed by atoms with Crippen LogP contribution in [0.1, 0.15) is 56.1 Å². The molecule has 0 saturated carbocycles. The first-order chi connectivity index (χ1) is 12.1. The van der Waals surface area contributed by atoms with Crippen molar-refractivity contribution in [2.75, 3.05) is 20.1 Å². The number of hydrogen-bond acceptors (Lipinski definition) is 3. The summed E-state index contributed by atoms with van der Waals surface area (Å²) in [6.45, 7) is 5.95. The van der Waals surface area contributed by atoms with Crippen LogP contribution in [0.3, 0.4) is 0 Å². The molecule has 0 unspecified atom stereocenters. The summed E-state index contributed by atoms with van der Waals surface area (Å²) in [5.41, 5.74) is 1.02. The van der Waals surface area contributed by atoms with E-state index >= 15 is 0 Å². The predicted octanol–water partition coefficient (Wildman–Crippen LogP) is 3.13. The summed E-state index contributed by atoms with van der Waals surface area (Å²) in [5.74, 6) is 1.76. The van der Waals surface area contributed by atoms with Crippen LogP contribution >= 0.6 is 0 Å². The number of aromatic nitrogens is 2. The molecule has 134 valence electrons. The highest BCUT2D eigenvalue weighted by Gasteiger charge is 2.30. The van der Waals surface area contributed by atoms with E-state index in [1.54, 1.807) is 0 Å². The molecule has 0 spiro atoms. The Bertz CT molecular complexity index is 687. The van der Waals surface area contributed by atoms with Crippen molar-refractivity contribution in [3.8, 4) is 0 Å². The van der Waals surface area contributed by atoms with Gasteiger partial charge in [0.05, 0.1) is 0 Å². The summed E-state index contributed by atoms with van der Waals surface area (Å²) in [5, 5.41) is 3.17. The SMILES string of the molecule is CN[C@H](C(=O)N1CCC(c2nccn2C(C)C)CC1)c1ccccc1. The van der Waals surface area contributed by atoms with Gasteiger partial charge in [0.25, 0.3) is 0 Å². The van der Waals surface area contributed by atoms with E-state index in [-0.39, 0.29) is 11.9 Å². The molecule has 1 N–H and O–H groups in total. The Kier molecular flexibility index (Phi) is 5.53. The van der Waals surface area contributed by atoms with E-state index in [9.17, 15) is 4.79 Å². The second-order valence-electron chi connectivity index (χ2n) is 7.02. The van der Waals surface area contributed by atoms with Gasteiger partial charge in [-0.2, -0.15) is 0 Å². The zero-order valence-electron chi connectivity index (χ0n) is 15.4. The van der Waals surface area contributed by atoms with Gasteiger partial charge in [0.2, 0.25) is 5.91 Å². The highest BCUT2D eigenvalue weighted by Crippen LogP contribution is 2.29. The maximum absolute atomic E-state index is 12.9. The van der Waals surface area contributed by atoms with Gasteiger partial charge >= 0.3 is 0 Å². The van der Waals surface area contributed by atoms with Crippen LogP contribution in [0, 0.1) is 0 Å². The molecule has 2 aromatic rings. The molecule has 1 saturated heterocycles. The number of amides is 1. The molecule has 1 aromatic carbocycles. The zero-order chi connectivity index (χ0) is 17.8. The monoisotopic (exact) mass is 340 g/mol. The molecule has 1 fully saturated rings. The Morgan fingerprint density at radius 2 is 1.88 bits per heavy atom. The molecule has 1 aliphatic rings. The van der Waals surface area contributed by atoms with Gasteiger partial charge in [-0.3, -0.25) is 4.79 Å². The molecule has 5 nitrogen and oxygen atoms in total. The summed E-state index contributed by atoms with van der Waals surface area (Å²) >= 11 is 0. The lowest BCUT2D eigenvalue weighted by Crippen LogP contribution is -2.44. The second kappa shape index (κ2) is 7.83. The second-order valence-corrected chi connectivity index (χ2v) is 7.02. The number of piperidine rings is 1. The van der Waals surface area contributed by atoms with Crippen LogP contribution in [0.5, 0.6) is 0 Å². The normalized spacial score (nSPS) is 17.0. The molecule has 0 aliphatic carbocycles. The molecule has 5 heteroatoms. The minimum absolute atomic E-state index is 0.166. The number of hydrogen-bond donors (Lipinski definition) is 1. The molecule has 1 amide bonds. The maximum atomic E-state index is 12.9. The zero-order valence-corrected chi connectivity index (χ0v) is 15.4. The molecule has 0 bridgehead atoms. The first-order valence-electron chi connectivity index (χ1n) is 9.15. The van der Waals surface area contributed by atoms with Crippen LogP contribution in [0.15, 0.2) is 42.7 Å². The number of likely N-dealkylation sites (tertiary alicyclic amines) is 1. The molecular formula is C20H28N4O. The Labute approximate surface area is 150 Å². The van der Waals surface area contributed by atoms with Crippen molar-refractivity contribution >= 4 is 5.91 Å². The molecular weight excluding hydrogens is 312 g/mol. The fourth-order valence-electron chi connectivity index (χ4n) is 3.70. The van der Waals surface area contributed by atoms with Crippen molar-refractivity contribution in [2.45, 2.75) is 44.7 Å². The molecule has 3 rings (SSSR count). The fourth-order valence-corrected chi connectivity index (χ4v) is 3.70. The quantitative estimate of drug-likeness (QED) is 0.910. The van der Waals surface area contributed by atoms with Crippen molar-refractivity contribution in [1.29, 1.82) is 0 Å². The van der Waals surface area contributed by atoms with Crippen molar-refractivity contribution in [1.82, 2.24) is 19.8 Å². The van der Waals surface area contributed by atoms with Gasteiger partial charge in [-0.15, -0.1) is 0 Å². The van der Waals surface area contributed by atoms with Gasteiger partial charge in [0, 0.05) is 37.4 Å². The molecule has 25 heavy (non-hydrogen) atoms. The highest BCUT2D eigenvalue weighted by molar-refractivity contribution is 5.83. The third kappa shape index (κ3) is 3.76. The average molecular weight is 340 g/mol. The van der Waals surface area contributed by atoms with Crippen LogP contribution in [-0.4, -0.2) is 40.5 Å². The molecule has 2 heterocycles. The van der Waals surface area contributed by atoms with E-state index in [4.69, 9.17) is 0 Å². The number of rotatable bonds is 5. The molecule has 1 aromatic heterocycles. The summed E-state index contributed by atoms with van der Waals surface area (Å²) in [6, 6.07) is 10.1. The van der Waals surface area contributed by atoms with E-state index in [1.165, 1.54) is 0 Å². The summed E-state index contributed by atoms with van der Waals surface area (Å²) in [6.07, 6.45) is 5.89. The number of benzene rings is 1. The summed E-state index contributed by atoms with van der Waals surface area (Å²) in [7, 11) is 1.85. The number of imidazole rings is 1. The van der Waals surface area contributed by atoms with Crippen LogP contribution in [-0.2, 0) is 4.79 Å². The van der Waals surface area contributed by atoms with Crippen LogP contribution in [0.25, 0.3) is 0 Å². The van der Waals surface area contributed by atoms with Gasteiger partial charge in [-0.25, -0.2) is 4.98 Å². The van der Waals surface area contributed by atoms with Crippen molar-refractivity contribution in [3.05, 3.63) is 54.1 Å². The topological polar surface area (TPSA) is 50.2 Å². The molecule has 0 radical (unpaired) electrons. The van der Waals surface area contributed by atoms with Crippen molar-refractivity contribution in [2.24, 2.45) is 0 Å². The number of likely N-dealkylation sites (N-methyl/N-ethyl adjacent to an activating group) is 1. The first-order valence-corrected chi connectivity index (χ1v) is 9.15. The standard InChI is InChI=1S/C20H28N4O/c1-15(2)24-14-11-22-19(24)17-9-12-23(13-10-17)20(25)18(21-3)16-7-5-4-6-8-16/h4-8,11,14-15,17-18,21H,9-10,12-13H2,1-3H3/t18-/m0/s1. The Balaban J connectivity index is 1.65. The lowest BCUT2D eigenvalue weighted by atomic mass is 9.94. The Hall–Kier alpha value is -2.14. The van der Waals surface area contributed by atoms with Crippen molar-refractivity contribution in [3.63, 3.8) is 0 Å². The Morgan fingerprint density at radius 3 is 2.48 bits per heavy atom. The maximum Gasteiger partial charge on any atom is 0.244 e. The Morgan fingerprint density at radius 1 is 1.20 bits per heavy atom. The van der Waals surface area contributed by atoms with Crippen LogP contribution < -0.4 is 5.32 Å². The number of carbonyl (C=O) groups is 1. The minimum atomic E-state index is -0.268. The third-order valence-corrected chi connectivity index (χ3v) is 5.10. The predicted molar refractivity (Wildman–Crippen MR) is 99.4 cm³/mol. The third-order valence-electron chi connectivity index (χ3n) is 5.10. The lowest BCUT2D eigenvalue weighted by molar-refractivity contribution is -0.134. The molecule has 1 atom stereocenters. The lowest BCUT2D eigenvalue weighted by Gasteiger charge is -2.34. The van der Waals surface area contributed by atoms with E-state index in [2.05, 4.69) is 34.9 Å². The number of carbonyl (C=O) groups excluding carboxylic acids is 1. The average Bonchev–Trinajstić information content (AvgIpc) is 3.13. The van der Waals surface area contributed by atoms with Gasteiger partial charge < -0.3 is 14.8 Å². The summed E-state index contributed by atoms with van der Waals surface area (Å²) in [4.78, 5) is 19.5. The smallest absolute Gasteiger partial charge is 0.244 e. The van der Waals surface area contributed by atoms with Crippen LogP contribution in [0.4, 0.5) is 0 Å². The number of nitrogens with zero attached hydrogens (tertiary/aromatic N) is 3.